The summed E-state index contributed by atoms with van der Waals surface area (Å²) in [5.74, 6) is -2.26. The predicted molar refractivity (Wildman–Crippen MR) is 95.9 cm³/mol. The Hall–Kier alpha value is -1.39. The maximum atomic E-state index is 12.4. The van der Waals surface area contributed by atoms with E-state index in [0.717, 1.165) is 51.4 Å². The van der Waals surface area contributed by atoms with Gasteiger partial charge in [0.2, 0.25) is 5.91 Å². The van der Waals surface area contributed by atoms with E-state index in [4.69, 9.17) is 5.11 Å². The fraction of sp³-hybridized carbons (Fsp3) is 0.842. The lowest BCUT2D eigenvalue weighted by molar-refractivity contribution is -0.143. The number of amides is 1. The number of Topliss-reactive ketones (excluding diaryl/α,β-unsaturated/α-hetero) is 1. The highest BCUT2D eigenvalue weighted by atomic mass is 16.4. The summed E-state index contributed by atoms with van der Waals surface area (Å²) in [5.41, 5.74) is 0. The zero-order chi connectivity index (χ0) is 18.4. The van der Waals surface area contributed by atoms with Gasteiger partial charge in [-0.05, 0) is 19.8 Å². The van der Waals surface area contributed by atoms with E-state index in [2.05, 4.69) is 19.2 Å². The normalized spacial score (nSPS) is 13.3. The third-order valence-electron chi connectivity index (χ3n) is 4.31. The minimum atomic E-state index is -1.08. The summed E-state index contributed by atoms with van der Waals surface area (Å²) in [5, 5.41) is 11.4. The van der Waals surface area contributed by atoms with E-state index in [1.165, 1.54) is 13.3 Å². The van der Waals surface area contributed by atoms with Gasteiger partial charge in [0.1, 0.15) is 11.8 Å². The van der Waals surface area contributed by atoms with Crippen molar-refractivity contribution in [3.63, 3.8) is 0 Å². The van der Waals surface area contributed by atoms with Crippen LogP contribution in [0.3, 0.4) is 0 Å². The van der Waals surface area contributed by atoms with E-state index >= 15 is 0 Å². The molecule has 0 bridgehead atoms. The number of aliphatic carboxylic acids is 1. The highest BCUT2D eigenvalue weighted by Crippen LogP contribution is 2.17. The molecule has 140 valence electrons. The fourth-order valence-corrected chi connectivity index (χ4v) is 2.67. The zero-order valence-electron chi connectivity index (χ0n) is 15.6. The van der Waals surface area contributed by atoms with Gasteiger partial charge in [-0.3, -0.25) is 14.4 Å². The van der Waals surface area contributed by atoms with E-state index in [1.54, 1.807) is 0 Å². The highest BCUT2D eigenvalue weighted by Gasteiger charge is 2.27. The van der Waals surface area contributed by atoms with Gasteiger partial charge in [-0.2, -0.15) is 0 Å². The van der Waals surface area contributed by atoms with E-state index in [-0.39, 0.29) is 5.78 Å². The molecule has 0 saturated heterocycles. The van der Waals surface area contributed by atoms with Crippen molar-refractivity contribution in [3.05, 3.63) is 0 Å². The second-order valence-electron chi connectivity index (χ2n) is 6.60. The molecule has 0 heterocycles. The Morgan fingerprint density at radius 2 is 1.42 bits per heavy atom. The number of ketones is 1. The predicted octanol–water partition coefficient (Wildman–Crippen LogP) is 4.09. The summed E-state index contributed by atoms with van der Waals surface area (Å²) < 4.78 is 0. The molecule has 5 heteroatoms. The van der Waals surface area contributed by atoms with Gasteiger partial charge in [0, 0.05) is 6.42 Å². The molecular formula is C19H35NO4. The summed E-state index contributed by atoms with van der Waals surface area (Å²) in [6.45, 7) is 5.68. The van der Waals surface area contributed by atoms with Crippen molar-refractivity contribution < 1.29 is 19.5 Å². The number of unbranched alkanes of at least 4 members (excludes halogenated alkanes) is 7. The van der Waals surface area contributed by atoms with Crippen molar-refractivity contribution >= 4 is 17.7 Å². The highest BCUT2D eigenvalue weighted by molar-refractivity contribution is 6.02. The summed E-state index contributed by atoms with van der Waals surface area (Å²) in [6.07, 6.45) is 10.2. The molecule has 24 heavy (non-hydrogen) atoms. The number of carbonyl (C=O) groups is 3. The molecule has 0 fully saturated rings. The van der Waals surface area contributed by atoms with E-state index < -0.39 is 23.8 Å². The number of nitrogens with one attached hydrogen (secondary N) is 1. The average molecular weight is 341 g/mol. The third kappa shape index (κ3) is 10.4. The fourth-order valence-electron chi connectivity index (χ4n) is 2.67. The lowest BCUT2D eigenvalue weighted by Gasteiger charge is -2.18. The summed E-state index contributed by atoms with van der Waals surface area (Å²) in [6, 6.07) is -0.965. The average Bonchev–Trinajstić information content (AvgIpc) is 2.54. The van der Waals surface area contributed by atoms with Crippen LogP contribution in [0.15, 0.2) is 0 Å². The molecule has 0 saturated carbocycles. The molecule has 0 aromatic rings. The Balaban J connectivity index is 4.51. The van der Waals surface area contributed by atoms with Gasteiger partial charge in [0.25, 0.3) is 0 Å². The molecule has 0 aromatic heterocycles. The Kier molecular flexibility index (Phi) is 13.2. The number of carboxylic acid groups (broad SMARTS) is 1. The first kappa shape index (κ1) is 22.6. The molecule has 0 aliphatic heterocycles. The molecule has 2 unspecified atom stereocenters. The minimum Gasteiger partial charge on any atom is -0.480 e. The Morgan fingerprint density at radius 3 is 1.96 bits per heavy atom. The first-order valence-electron chi connectivity index (χ1n) is 9.49. The summed E-state index contributed by atoms with van der Waals surface area (Å²) in [7, 11) is 0. The Morgan fingerprint density at radius 1 is 0.875 bits per heavy atom. The number of rotatable bonds is 15. The van der Waals surface area contributed by atoms with Crippen molar-refractivity contribution in [2.75, 3.05) is 0 Å². The number of carbonyl (C=O) groups excluding carboxylic acids is 2. The van der Waals surface area contributed by atoms with Gasteiger partial charge >= 0.3 is 5.97 Å². The number of carboxylic acids is 1. The molecular weight excluding hydrogens is 306 g/mol. The largest absolute Gasteiger partial charge is 0.480 e. The van der Waals surface area contributed by atoms with Gasteiger partial charge in [-0.25, -0.2) is 0 Å². The summed E-state index contributed by atoms with van der Waals surface area (Å²) in [4.78, 5) is 35.6. The van der Waals surface area contributed by atoms with Crippen LogP contribution in [0.25, 0.3) is 0 Å². The van der Waals surface area contributed by atoms with Crippen molar-refractivity contribution in [1.29, 1.82) is 0 Å². The Labute approximate surface area is 146 Å². The lowest BCUT2D eigenvalue weighted by atomic mass is 9.92. The van der Waals surface area contributed by atoms with Crippen molar-refractivity contribution in [2.24, 2.45) is 5.92 Å². The third-order valence-corrected chi connectivity index (χ3v) is 4.31. The monoisotopic (exact) mass is 341 g/mol. The van der Waals surface area contributed by atoms with Crippen molar-refractivity contribution in [1.82, 2.24) is 5.32 Å². The molecule has 0 radical (unpaired) electrons. The van der Waals surface area contributed by atoms with E-state index in [1.807, 2.05) is 0 Å². The Bertz CT molecular complexity index is 382. The molecule has 2 N–H and O–H groups in total. The first-order chi connectivity index (χ1) is 11.4. The number of hydrogen-bond acceptors (Lipinski definition) is 3. The van der Waals surface area contributed by atoms with Gasteiger partial charge in [-0.1, -0.05) is 65.2 Å². The van der Waals surface area contributed by atoms with E-state index in [0.29, 0.717) is 12.8 Å². The van der Waals surface area contributed by atoms with Crippen LogP contribution in [0, 0.1) is 5.92 Å². The molecule has 0 rings (SSSR count). The van der Waals surface area contributed by atoms with Crippen molar-refractivity contribution in [3.8, 4) is 0 Å². The van der Waals surface area contributed by atoms with Crippen molar-refractivity contribution in [2.45, 2.75) is 97.4 Å². The van der Waals surface area contributed by atoms with Crippen LogP contribution in [-0.4, -0.2) is 28.8 Å². The standard InChI is InChI=1S/C19H35NO4/c1-4-6-8-10-12-14-17(21)16(13-11-9-7-5-2)18(22)20-15(3)19(23)24/h15-16H,4-14H2,1-3H3,(H,20,22)(H,23,24). The van der Waals surface area contributed by atoms with Crippen LogP contribution in [0.5, 0.6) is 0 Å². The van der Waals surface area contributed by atoms with Crippen LogP contribution >= 0.6 is 0 Å². The minimum absolute atomic E-state index is 0.0434. The molecule has 2 atom stereocenters. The zero-order valence-corrected chi connectivity index (χ0v) is 15.6. The van der Waals surface area contributed by atoms with Gasteiger partial charge in [0.15, 0.2) is 0 Å². The van der Waals surface area contributed by atoms with Crippen LogP contribution < -0.4 is 5.32 Å². The van der Waals surface area contributed by atoms with Gasteiger partial charge in [0.05, 0.1) is 5.92 Å². The van der Waals surface area contributed by atoms with Crippen LogP contribution in [-0.2, 0) is 14.4 Å². The SMILES string of the molecule is CCCCCCCC(=O)C(CCCCCC)C(=O)NC(C)C(=O)O. The lowest BCUT2D eigenvalue weighted by Crippen LogP contribution is -2.43. The molecule has 1 amide bonds. The van der Waals surface area contributed by atoms with Crippen LogP contribution in [0.4, 0.5) is 0 Å². The maximum Gasteiger partial charge on any atom is 0.325 e. The second-order valence-corrected chi connectivity index (χ2v) is 6.60. The van der Waals surface area contributed by atoms with Crippen LogP contribution in [0.2, 0.25) is 0 Å². The summed E-state index contributed by atoms with van der Waals surface area (Å²) >= 11 is 0. The second kappa shape index (κ2) is 14.0. The molecule has 0 aromatic carbocycles. The molecule has 0 aliphatic carbocycles. The van der Waals surface area contributed by atoms with Crippen LogP contribution in [0.1, 0.15) is 91.4 Å². The molecule has 5 nitrogen and oxygen atoms in total. The topological polar surface area (TPSA) is 83.5 Å². The van der Waals surface area contributed by atoms with E-state index in [9.17, 15) is 14.4 Å². The molecule has 0 spiro atoms. The quantitative estimate of drug-likeness (QED) is 0.347. The maximum absolute atomic E-state index is 12.4. The van der Waals surface area contributed by atoms with Gasteiger partial charge in [-0.15, -0.1) is 0 Å². The number of hydrogen-bond donors (Lipinski definition) is 2. The van der Waals surface area contributed by atoms with Gasteiger partial charge < -0.3 is 10.4 Å². The molecule has 0 aliphatic rings. The first-order valence-corrected chi connectivity index (χ1v) is 9.49. The smallest absolute Gasteiger partial charge is 0.325 e.